The molecule has 0 aromatic heterocycles. The van der Waals surface area contributed by atoms with Gasteiger partial charge in [0.1, 0.15) is 6.04 Å². The van der Waals surface area contributed by atoms with Crippen molar-refractivity contribution in [3.05, 3.63) is 64.7 Å². The van der Waals surface area contributed by atoms with Crippen molar-refractivity contribution in [2.45, 2.75) is 57.6 Å². The summed E-state index contributed by atoms with van der Waals surface area (Å²) in [6.45, 7) is 9.89. The van der Waals surface area contributed by atoms with Crippen LogP contribution in [0, 0.1) is 6.92 Å². The van der Waals surface area contributed by atoms with Crippen molar-refractivity contribution >= 4 is 35.2 Å². The number of nitrogens with one attached hydrogen (secondary N) is 1. The summed E-state index contributed by atoms with van der Waals surface area (Å²) in [6.07, 6.45) is 0. The molecule has 0 bridgehead atoms. The van der Waals surface area contributed by atoms with Gasteiger partial charge in [0.25, 0.3) is 0 Å². The van der Waals surface area contributed by atoms with Crippen LogP contribution < -0.4 is 5.32 Å². The highest BCUT2D eigenvalue weighted by Gasteiger charge is 2.28. The first-order valence-electron chi connectivity index (χ1n) is 9.60. The number of halogens is 1. The predicted molar refractivity (Wildman–Crippen MR) is 121 cm³/mol. The molecular formula is C23H29ClN2O2S. The number of thioether (sulfide) groups is 1. The Morgan fingerprint density at radius 3 is 2.38 bits per heavy atom. The SMILES string of the molecule is Cc1ccc(SCC(=O)N(Cc2cccc(Cl)c2)[C@H](C)C(=O)NC(C)(C)C)cc1. The van der Waals surface area contributed by atoms with Crippen molar-refractivity contribution < 1.29 is 9.59 Å². The molecule has 2 aromatic rings. The topological polar surface area (TPSA) is 49.4 Å². The molecule has 0 heterocycles. The van der Waals surface area contributed by atoms with E-state index in [0.29, 0.717) is 11.6 Å². The van der Waals surface area contributed by atoms with E-state index in [4.69, 9.17) is 11.6 Å². The van der Waals surface area contributed by atoms with Gasteiger partial charge in [0, 0.05) is 22.0 Å². The Morgan fingerprint density at radius 2 is 1.79 bits per heavy atom. The van der Waals surface area contributed by atoms with Crippen molar-refractivity contribution in [3.63, 3.8) is 0 Å². The fraction of sp³-hybridized carbons (Fsp3) is 0.391. The first-order chi connectivity index (χ1) is 13.5. The highest BCUT2D eigenvalue weighted by atomic mass is 35.5. The lowest BCUT2D eigenvalue weighted by atomic mass is 10.1. The maximum atomic E-state index is 13.1. The van der Waals surface area contributed by atoms with Crippen LogP contribution in [0.4, 0.5) is 0 Å². The first kappa shape index (κ1) is 23.3. The molecule has 0 aliphatic rings. The van der Waals surface area contributed by atoms with Gasteiger partial charge >= 0.3 is 0 Å². The number of hydrogen-bond donors (Lipinski definition) is 1. The summed E-state index contributed by atoms with van der Waals surface area (Å²) in [5.74, 6) is -0.00291. The Balaban J connectivity index is 2.16. The Hall–Kier alpha value is -1.98. The normalized spacial score (nSPS) is 12.3. The molecule has 156 valence electrons. The van der Waals surface area contributed by atoms with Gasteiger partial charge in [-0.3, -0.25) is 9.59 Å². The summed E-state index contributed by atoms with van der Waals surface area (Å²) in [7, 11) is 0. The molecule has 1 atom stereocenters. The number of carbonyl (C=O) groups excluding carboxylic acids is 2. The molecule has 0 spiro atoms. The van der Waals surface area contributed by atoms with Gasteiger partial charge in [0.05, 0.1) is 5.75 Å². The van der Waals surface area contributed by atoms with Crippen molar-refractivity contribution in [3.8, 4) is 0 Å². The smallest absolute Gasteiger partial charge is 0.242 e. The molecule has 0 radical (unpaired) electrons. The quantitative estimate of drug-likeness (QED) is 0.621. The minimum absolute atomic E-state index is 0.0906. The monoisotopic (exact) mass is 432 g/mol. The standard InChI is InChI=1S/C23H29ClN2O2S/c1-16-9-11-20(12-10-16)29-15-21(27)26(14-18-7-6-8-19(24)13-18)17(2)22(28)25-23(3,4)5/h6-13,17H,14-15H2,1-5H3,(H,25,28)/t17-/m1/s1. The summed E-state index contributed by atoms with van der Waals surface area (Å²) in [5, 5.41) is 3.57. The molecule has 0 unspecified atom stereocenters. The summed E-state index contributed by atoms with van der Waals surface area (Å²) < 4.78 is 0. The lowest BCUT2D eigenvalue weighted by molar-refractivity contribution is -0.139. The zero-order chi connectivity index (χ0) is 21.6. The molecule has 0 fully saturated rings. The van der Waals surface area contributed by atoms with E-state index in [9.17, 15) is 9.59 Å². The van der Waals surface area contributed by atoms with Gasteiger partial charge in [-0.25, -0.2) is 0 Å². The van der Waals surface area contributed by atoms with Gasteiger partial charge in [0.2, 0.25) is 11.8 Å². The average molecular weight is 433 g/mol. The molecule has 0 aliphatic carbocycles. The second-order valence-electron chi connectivity index (χ2n) is 8.17. The minimum atomic E-state index is -0.598. The van der Waals surface area contributed by atoms with E-state index in [1.165, 1.54) is 17.3 Å². The second-order valence-corrected chi connectivity index (χ2v) is 9.65. The Bertz CT molecular complexity index is 847. The van der Waals surface area contributed by atoms with E-state index in [0.717, 1.165) is 10.5 Å². The van der Waals surface area contributed by atoms with E-state index < -0.39 is 6.04 Å². The molecule has 4 nitrogen and oxygen atoms in total. The molecule has 6 heteroatoms. The maximum absolute atomic E-state index is 13.1. The van der Waals surface area contributed by atoms with Gasteiger partial charge < -0.3 is 10.2 Å². The Kier molecular flexibility index (Phi) is 8.17. The lowest BCUT2D eigenvalue weighted by Gasteiger charge is -2.31. The van der Waals surface area contributed by atoms with Crippen LogP contribution >= 0.6 is 23.4 Å². The van der Waals surface area contributed by atoms with Crippen LogP contribution in [0.1, 0.15) is 38.8 Å². The summed E-state index contributed by atoms with van der Waals surface area (Å²) in [4.78, 5) is 28.5. The summed E-state index contributed by atoms with van der Waals surface area (Å²) in [6, 6.07) is 14.8. The number of nitrogens with zero attached hydrogens (tertiary/aromatic N) is 1. The molecule has 2 aromatic carbocycles. The Morgan fingerprint density at radius 1 is 1.14 bits per heavy atom. The fourth-order valence-corrected chi connectivity index (χ4v) is 3.75. The zero-order valence-electron chi connectivity index (χ0n) is 17.7. The van der Waals surface area contributed by atoms with Gasteiger partial charge in [-0.1, -0.05) is 41.4 Å². The molecule has 29 heavy (non-hydrogen) atoms. The summed E-state index contributed by atoms with van der Waals surface area (Å²) >= 11 is 7.58. The van der Waals surface area contributed by atoms with Crippen molar-refractivity contribution in [1.82, 2.24) is 10.2 Å². The molecule has 1 N–H and O–H groups in total. The predicted octanol–water partition coefficient (Wildman–Crippen LogP) is 5.07. The van der Waals surface area contributed by atoms with Crippen LogP contribution in [-0.4, -0.2) is 34.0 Å². The van der Waals surface area contributed by atoms with Gasteiger partial charge in [-0.05, 0) is 64.4 Å². The van der Waals surface area contributed by atoms with Crippen molar-refractivity contribution in [2.24, 2.45) is 0 Å². The highest BCUT2D eigenvalue weighted by Crippen LogP contribution is 2.21. The van der Waals surface area contributed by atoms with Crippen LogP contribution in [0.2, 0.25) is 5.02 Å². The van der Waals surface area contributed by atoms with E-state index in [1.54, 1.807) is 17.9 Å². The number of rotatable bonds is 7. The van der Waals surface area contributed by atoms with Crippen LogP contribution in [-0.2, 0) is 16.1 Å². The molecule has 0 saturated carbocycles. The number of hydrogen-bond acceptors (Lipinski definition) is 3. The van der Waals surface area contributed by atoms with Crippen molar-refractivity contribution in [2.75, 3.05) is 5.75 Å². The molecule has 2 rings (SSSR count). The Labute approximate surface area is 183 Å². The second kappa shape index (κ2) is 10.2. The third-order valence-electron chi connectivity index (χ3n) is 4.29. The van der Waals surface area contributed by atoms with Gasteiger partial charge in [0.15, 0.2) is 0 Å². The average Bonchev–Trinajstić information content (AvgIpc) is 2.63. The molecular weight excluding hydrogens is 404 g/mol. The van der Waals surface area contributed by atoms with Crippen LogP contribution in [0.25, 0.3) is 0 Å². The number of amides is 2. The first-order valence-corrected chi connectivity index (χ1v) is 11.0. The van der Waals surface area contributed by atoms with E-state index >= 15 is 0 Å². The highest BCUT2D eigenvalue weighted by molar-refractivity contribution is 8.00. The van der Waals surface area contributed by atoms with Crippen LogP contribution in [0.15, 0.2) is 53.4 Å². The number of carbonyl (C=O) groups is 2. The van der Waals surface area contributed by atoms with Gasteiger partial charge in [-0.15, -0.1) is 11.8 Å². The molecule has 0 aliphatic heterocycles. The van der Waals surface area contributed by atoms with E-state index in [1.807, 2.05) is 70.2 Å². The molecule has 2 amide bonds. The fourth-order valence-electron chi connectivity index (χ4n) is 2.75. The van der Waals surface area contributed by atoms with Gasteiger partial charge in [-0.2, -0.15) is 0 Å². The van der Waals surface area contributed by atoms with Crippen molar-refractivity contribution in [1.29, 1.82) is 0 Å². The lowest BCUT2D eigenvalue weighted by Crippen LogP contribution is -2.52. The third-order valence-corrected chi connectivity index (χ3v) is 5.52. The van der Waals surface area contributed by atoms with E-state index in [2.05, 4.69) is 5.32 Å². The zero-order valence-corrected chi connectivity index (χ0v) is 19.2. The van der Waals surface area contributed by atoms with E-state index in [-0.39, 0.29) is 23.1 Å². The van der Waals surface area contributed by atoms with Crippen LogP contribution in [0.3, 0.4) is 0 Å². The molecule has 0 saturated heterocycles. The maximum Gasteiger partial charge on any atom is 0.242 e. The summed E-state index contributed by atoms with van der Waals surface area (Å²) in [5.41, 5.74) is 1.70. The number of aryl methyl sites for hydroxylation is 1. The largest absolute Gasteiger partial charge is 0.350 e. The minimum Gasteiger partial charge on any atom is -0.350 e. The number of benzene rings is 2. The van der Waals surface area contributed by atoms with Crippen LogP contribution in [0.5, 0.6) is 0 Å². The third kappa shape index (κ3) is 7.75.